The number of rotatable bonds is 6. The molecule has 20 heavy (non-hydrogen) atoms. The van der Waals surface area contributed by atoms with Crippen LogP contribution in [0.25, 0.3) is 0 Å². The molecule has 0 amide bonds. The predicted octanol–water partition coefficient (Wildman–Crippen LogP) is 0.122. The van der Waals surface area contributed by atoms with Crippen molar-refractivity contribution in [3.05, 3.63) is 30.1 Å². The van der Waals surface area contributed by atoms with E-state index >= 15 is 0 Å². The lowest BCUT2D eigenvalue weighted by Crippen LogP contribution is -2.48. The molecule has 1 aromatic heterocycles. The zero-order valence-corrected chi connectivity index (χ0v) is 12.6. The molecule has 2 rings (SSSR count). The highest BCUT2D eigenvalue weighted by atomic mass is 16.3. The Balaban J connectivity index is 1.69. The van der Waals surface area contributed by atoms with Crippen LogP contribution in [-0.2, 0) is 6.54 Å². The van der Waals surface area contributed by atoms with Gasteiger partial charge in [0, 0.05) is 52.0 Å². The minimum Gasteiger partial charge on any atom is -0.390 e. The number of aliphatic hydroxyl groups is 1. The van der Waals surface area contributed by atoms with Crippen LogP contribution in [0.1, 0.15) is 5.69 Å². The van der Waals surface area contributed by atoms with Crippen molar-refractivity contribution >= 4 is 0 Å². The molecular weight excluding hydrogens is 252 g/mol. The smallest absolute Gasteiger partial charge is 0.0793 e. The maximum Gasteiger partial charge on any atom is 0.0793 e. The van der Waals surface area contributed by atoms with Crippen molar-refractivity contribution in [2.45, 2.75) is 12.6 Å². The van der Waals surface area contributed by atoms with Crippen LogP contribution in [0.15, 0.2) is 24.4 Å². The average Bonchev–Trinajstić information content (AvgIpc) is 2.42. The Kier molecular flexibility index (Phi) is 5.91. The van der Waals surface area contributed by atoms with E-state index in [1.165, 1.54) is 0 Å². The Bertz CT molecular complexity index is 379. The number of aliphatic hydroxyl groups excluding tert-OH is 1. The van der Waals surface area contributed by atoms with E-state index in [-0.39, 0.29) is 6.10 Å². The van der Waals surface area contributed by atoms with Gasteiger partial charge in [0.1, 0.15) is 0 Å². The number of pyridine rings is 1. The van der Waals surface area contributed by atoms with Crippen molar-refractivity contribution in [3.8, 4) is 0 Å². The lowest BCUT2D eigenvalue weighted by Gasteiger charge is -2.34. The molecule has 5 heteroatoms. The summed E-state index contributed by atoms with van der Waals surface area (Å²) < 4.78 is 0. The maximum atomic E-state index is 10.2. The first-order valence-electron chi connectivity index (χ1n) is 7.31. The van der Waals surface area contributed by atoms with Gasteiger partial charge in [-0.05, 0) is 26.2 Å². The van der Waals surface area contributed by atoms with E-state index < -0.39 is 0 Å². The molecule has 0 spiro atoms. The number of hydrogen-bond donors (Lipinski definition) is 1. The third-order valence-electron chi connectivity index (χ3n) is 3.75. The van der Waals surface area contributed by atoms with Crippen LogP contribution in [0.2, 0.25) is 0 Å². The van der Waals surface area contributed by atoms with E-state index in [9.17, 15) is 5.11 Å². The molecule has 1 aromatic rings. The van der Waals surface area contributed by atoms with E-state index in [4.69, 9.17) is 0 Å². The highest BCUT2D eigenvalue weighted by Gasteiger charge is 2.18. The number of aromatic nitrogens is 1. The van der Waals surface area contributed by atoms with Crippen molar-refractivity contribution in [3.63, 3.8) is 0 Å². The topological polar surface area (TPSA) is 42.8 Å². The summed E-state index contributed by atoms with van der Waals surface area (Å²) >= 11 is 0. The number of β-amino-alcohol motifs (C(OH)–C–C–N with tert-alkyl or cyclic N) is 1. The van der Waals surface area contributed by atoms with Crippen LogP contribution < -0.4 is 0 Å². The largest absolute Gasteiger partial charge is 0.390 e. The normalized spacial score (nSPS) is 19.4. The van der Waals surface area contributed by atoms with Gasteiger partial charge < -0.3 is 10.0 Å². The van der Waals surface area contributed by atoms with Crippen LogP contribution >= 0.6 is 0 Å². The molecule has 1 fully saturated rings. The zero-order valence-electron chi connectivity index (χ0n) is 12.6. The number of likely N-dealkylation sites (N-methyl/N-ethyl adjacent to an activating group) is 2. The molecule has 0 aliphatic carbocycles. The predicted molar refractivity (Wildman–Crippen MR) is 80.5 cm³/mol. The first-order valence-corrected chi connectivity index (χ1v) is 7.31. The van der Waals surface area contributed by atoms with Gasteiger partial charge in [0.15, 0.2) is 0 Å². The van der Waals surface area contributed by atoms with Crippen LogP contribution in [0.3, 0.4) is 0 Å². The molecule has 0 saturated carbocycles. The second kappa shape index (κ2) is 7.69. The van der Waals surface area contributed by atoms with Crippen molar-refractivity contribution < 1.29 is 5.11 Å². The summed E-state index contributed by atoms with van der Waals surface area (Å²) in [6.07, 6.45) is 1.51. The molecule has 2 heterocycles. The van der Waals surface area contributed by atoms with Crippen molar-refractivity contribution in [1.29, 1.82) is 0 Å². The van der Waals surface area contributed by atoms with E-state index in [0.717, 1.165) is 45.0 Å². The summed E-state index contributed by atoms with van der Waals surface area (Å²) in [5.41, 5.74) is 1.04. The van der Waals surface area contributed by atoms with E-state index in [1.807, 2.05) is 31.4 Å². The molecule has 112 valence electrons. The Labute approximate surface area is 121 Å². The van der Waals surface area contributed by atoms with Gasteiger partial charge in [-0.25, -0.2) is 0 Å². The van der Waals surface area contributed by atoms with Gasteiger partial charge >= 0.3 is 0 Å². The van der Waals surface area contributed by atoms with Gasteiger partial charge in [-0.2, -0.15) is 0 Å². The molecule has 0 aromatic carbocycles. The van der Waals surface area contributed by atoms with Gasteiger partial charge in [0.05, 0.1) is 11.8 Å². The van der Waals surface area contributed by atoms with Crippen LogP contribution in [0.4, 0.5) is 0 Å². The minimum absolute atomic E-state index is 0.299. The molecular formula is C15H26N4O. The summed E-state index contributed by atoms with van der Waals surface area (Å²) in [5.74, 6) is 0. The fraction of sp³-hybridized carbons (Fsp3) is 0.667. The van der Waals surface area contributed by atoms with E-state index in [2.05, 4.69) is 26.7 Å². The molecule has 1 unspecified atom stereocenters. The van der Waals surface area contributed by atoms with Gasteiger partial charge in [0.25, 0.3) is 0 Å². The minimum atomic E-state index is -0.299. The van der Waals surface area contributed by atoms with Gasteiger partial charge in [-0.15, -0.1) is 0 Å². The molecule has 0 bridgehead atoms. The van der Waals surface area contributed by atoms with E-state index in [1.54, 1.807) is 0 Å². The second-order valence-electron chi connectivity index (χ2n) is 5.78. The van der Waals surface area contributed by atoms with Gasteiger partial charge in [0.2, 0.25) is 0 Å². The van der Waals surface area contributed by atoms with Crippen molar-refractivity contribution in [1.82, 2.24) is 19.7 Å². The standard InChI is InChI=1S/C15H26N4O/c1-17-7-9-19(10-8-17)13-15(20)12-18(2)11-14-5-3-4-6-16-14/h3-6,15,20H,7-13H2,1-2H3. The summed E-state index contributed by atoms with van der Waals surface area (Å²) in [7, 11) is 4.18. The monoisotopic (exact) mass is 278 g/mol. The molecule has 1 aliphatic heterocycles. The van der Waals surface area contributed by atoms with Crippen molar-refractivity contribution in [2.75, 3.05) is 53.4 Å². The van der Waals surface area contributed by atoms with Crippen LogP contribution in [0.5, 0.6) is 0 Å². The molecule has 1 aliphatic rings. The fourth-order valence-corrected chi connectivity index (χ4v) is 2.58. The quantitative estimate of drug-likeness (QED) is 0.801. The maximum absolute atomic E-state index is 10.2. The number of nitrogens with zero attached hydrogens (tertiary/aromatic N) is 4. The average molecular weight is 278 g/mol. The summed E-state index contributed by atoms with van der Waals surface area (Å²) in [6.45, 7) is 6.52. The third-order valence-corrected chi connectivity index (χ3v) is 3.75. The van der Waals surface area contributed by atoms with Crippen LogP contribution in [0, 0.1) is 0 Å². The van der Waals surface area contributed by atoms with Gasteiger partial charge in [-0.1, -0.05) is 6.07 Å². The van der Waals surface area contributed by atoms with Crippen LogP contribution in [-0.4, -0.2) is 84.3 Å². The second-order valence-corrected chi connectivity index (χ2v) is 5.78. The highest BCUT2D eigenvalue weighted by molar-refractivity contribution is 5.03. The summed E-state index contributed by atoms with van der Waals surface area (Å²) in [5, 5.41) is 10.2. The lowest BCUT2D eigenvalue weighted by atomic mass is 10.2. The molecule has 0 radical (unpaired) electrons. The molecule has 5 nitrogen and oxygen atoms in total. The first kappa shape index (κ1) is 15.4. The number of hydrogen-bond acceptors (Lipinski definition) is 5. The fourth-order valence-electron chi connectivity index (χ4n) is 2.58. The SMILES string of the molecule is CN1CCN(CC(O)CN(C)Cc2ccccn2)CC1. The highest BCUT2D eigenvalue weighted by Crippen LogP contribution is 2.03. The molecule has 1 N–H and O–H groups in total. The van der Waals surface area contributed by atoms with Gasteiger partial charge in [-0.3, -0.25) is 14.8 Å². The Morgan fingerprint density at radius 2 is 2.05 bits per heavy atom. The Morgan fingerprint density at radius 3 is 2.70 bits per heavy atom. The van der Waals surface area contributed by atoms with Crippen molar-refractivity contribution in [2.24, 2.45) is 0 Å². The summed E-state index contributed by atoms with van der Waals surface area (Å²) in [6, 6.07) is 5.94. The molecule has 1 saturated heterocycles. The zero-order chi connectivity index (χ0) is 14.4. The van der Waals surface area contributed by atoms with E-state index in [0.29, 0.717) is 6.54 Å². The Hall–Kier alpha value is -1.01. The Morgan fingerprint density at radius 1 is 1.30 bits per heavy atom. The summed E-state index contributed by atoms with van der Waals surface area (Å²) in [4.78, 5) is 11.1. The third kappa shape index (κ3) is 5.17. The first-order chi connectivity index (χ1) is 9.63. The lowest BCUT2D eigenvalue weighted by molar-refractivity contribution is 0.0591. The molecule has 1 atom stereocenters. The number of piperazine rings is 1.